The maximum Gasteiger partial charge on any atom is 0.203 e. The van der Waals surface area contributed by atoms with E-state index in [4.69, 9.17) is 0 Å². The number of rotatable bonds is 3. The van der Waals surface area contributed by atoms with Gasteiger partial charge in [-0.15, -0.1) is 11.3 Å². The van der Waals surface area contributed by atoms with Gasteiger partial charge in [0.05, 0.1) is 4.88 Å². The molecule has 0 bridgehead atoms. The molecule has 1 aromatic carbocycles. The molecule has 0 N–H and O–H groups in total. The molecule has 2 heteroatoms. The Labute approximate surface area is 125 Å². The zero-order valence-electron chi connectivity index (χ0n) is 13.2. The third kappa shape index (κ3) is 2.33. The fraction of sp³-hybridized carbons (Fsp3) is 0.389. The summed E-state index contributed by atoms with van der Waals surface area (Å²) in [5, 5.41) is 0. The lowest BCUT2D eigenvalue weighted by molar-refractivity contribution is 0.104. The fourth-order valence-electron chi connectivity index (χ4n) is 2.65. The monoisotopic (exact) mass is 286 g/mol. The van der Waals surface area contributed by atoms with Crippen molar-refractivity contribution < 1.29 is 4.79 Å². The smallest absolute Gasteiger partial charge is 0.203 e. The van der Waals surface area contributed by atoms with Crippen LogP contribution < -0.4 is 0 Å². The van der Waals surface area contributed by atoms with Gasteiger partial charge in [0.15, 0.2) is 0 Å². The summed E-state index contributed by atoms with van der Waals surface area (Å²) < 4.78 is 0. The second-order valence-corrected chi connectivity index (χ2v) is 6.62. The Kier molecular flexibility index (Phi) is 4.14. The van der Waals surface area contributed by atoms with E-state index in [9.17, 15) is 4.79 Å². The van der Waals surface area contributed by atoms with Gasteiger partial charge in [-0.25, -0.2) is 0 Å². The van der Waals surface area contributed by atoms with Gasteiger partial charge in [-0.3, -0.25) is 4.79 Å². The highest BCUT2D eigenvalue weighted by atomic mass is 32.1. The van der Waals surface area contributed by atoms with Crippen molar-refractivity contribution in [3.05, 3.63) is 55.3 Å². The van der Waals surface area contributed by atoms with Crippen LogP contribution >= 0.6 is 11.3 Å². The quantitative estimate of drug-likeness (QED) is 0.719. The van der Waals surface area contributed by atoms with Crippen molar-refractivity contribution in [2.24, 2.45) is 0 Å². The first-order valence-corrected chi connectivity index (χ1v) is 7.90. The summed E-state index contributed by atoms with van der Waals surface area (Å²) in [5.74, 6) is 0.177. The minimum atomic E-state index is 0.177. The molecule has 2 rings (SSSR count). The Hall–Kier alpha value is -1.41. The Balaban J connectivity index is 2.60. The molecule has 0 amide bonds. The molecule has 20 heavy (non-hydrogen) atoms. The van der Waals surface area contributed by atoms with Crippen LogP contribution in [0.4, 0.5) is 0 Å². The molecule has 0 radical (unpaired) electrons. The molecule has 0 aliphatic rings. The Bertz CT molecular complexity index is 648. The molecule has 2 aromatic rings. The van der Waals surface area contributed by atoms with Gasteiger partial charge < -0.3 is 0 Å². The van der Waals surface area contributed by atoms with Crippen molar-refractivity contribution in [2.45, 2.75) is 48.0 Å². The van der Waals surface area contributed by atoms with Gasteiger partial charge in [0, 0.05) is 10.4 Å². The van der Waals surface area contributed by atoms with Crippen LogP contribution in [0.2, 0.25) is 0 Å². The van der Waals surface area contributed by atoms with E-state index in [1.54, 1.807) is 11.3 Å². The first-order valence-electron chi connectivity index (χ1n) is 7.08. The Morgan fingerprint density at radius 2 is 1.40 bits per heavy atom. The van der Waals surface area contributed by atoms with E-state index in [0.717, 1.165) is 28.0 Å². The molecular formula is C18H22OS. The Morgan fingerprint density at radius 3 is 1.85 bits per heavy atom. The molecule has 0 spiro atoms. The summed E-state index contributed by atoms with van der Waals surface area (Å²) in [7, 11) is 0. The lowest BCUT2D eigenvalue weighted by atomic mass is 9.87. The van der Waals surface area contributed by atoms with Crippen LogP contribution in [0.5, 0.6) is 0 Å². The van der Waals surface area contributed by atoms with E-state index in [0.29, 0.717) is 0 Å². The predicted octanol–water partition coefficient (Wildman–Crippen LogP) is 5.08. The number of carbonyl (C=O) groups excluding carboxylic acids is 1. The minimum absolute atomic E-state index is 0.177. The van der Waals surface area contributed by atoms with E-state index in [1.165, 1.54) is 21.6 Å². The molecule has 0 fully saturated rings. The third-order valence-corrected chi connectivity index (χ3v) is 5.69. The van der Waals surface area contributed by atoms with Crippen molar-refractivity contribution in [1.29, 1.82) is 0 Å². The van der Waals surface area contributed by atoms with Crippen LogP contribution in [0.1, 0.15) is 54.9 Å². The van der Waals surface area contributed by atoms with E-state index in [2.05, 4.69) is 47.6 Å². The van der Waals surface area contributed by atoms with Crippen molar-refractivity contribution in [3.63, 3.8) is 0 Å². The number of hydrogen-bond acceptors (Lipinski definition) is 2. The second-order valence-electron chi connectivity index (χ2n) is 5.45. The SMILES string of the molecule is CCc1ccc(C(=O)c2c(C)c(C)c(C)c(C)c2C)s1. The molecular weight excluding hydrogens is 264 g/mol. The topological polar surface area (TPSA) is 17.1 Å². The van der Waals surface area contributed by atoms with Crippen LogP contribution in [0.25, 0.3) is 0 Å². The van der Waals surface area contributed by atoms with Gasteiger partial charge >= 0.3 is 0 Å². The summed E-state index contributed by atoms with van der Waals surface area (Å²) >= 11 is 1.62. The van der Waals surface area contributed by atoms with E-state index in [1.807, 2.05) is 6.07 Å². The number of thiophene rings is 1. The third-order valence-electron chi connectivity index (χ3n) is 4.46. The van der Waals surface area contributed by atoms with Crippen LogP contribution in [0.3, 0.4) is 0 Å². The maximum absolute atomic E-state index is 12.8. The highest BCUT2D eigenvalue weighted by Crippen LogP contribution is 2.29. The molecule has 0 aliphatic carbocycles. The fourth-order valence-corrected chi connectivity index (χ4v) is 3.55. The van der Waals surface area contributed by atoms with Gasteiger partial charge in [-0.05, 0) is 81.0 Å². The summed E-state index contributed by atoms with van der Waals surface area (Å²) in [6.07, 6.45) is 0.988. The number of aryl methyl sites for hydroxylation is 1. The lowest BCUT2D eigenvalue weighted by Gasteiger charge is -2.17. The molecule has 1 nitrogen and oxygen atoms in total. The summed E-state index contributed by atoms with van der Waals surface area (Å²) in [5.41, 5.74) is 6.93. The number of benzene rings is 1. The van der Waals surface area contributed by atoms with Gasteiger partial charge in [-0.1, -0.05) is 6.92 Å². The lowest BCUT2D eigenvalue weighted by Crippen LogP contribution is -2.09. The summed E-state index contributed by atoms with van der Waals surface area (Å²) in [6, 6.07) is 4.03. The zero-order chi connectivity index (χ0) is 15.0. The van der Waals surface area contributed by atoms with Gasteiger partial charge in [-0.2, -0.15) is 0 Å². The van der Waals surface area contributed by atoms with E-state index >= 15 is 0 Å². The normalized spacial score (nSPS) is 10.9. The molecule has 1 heterocycles. The first kappa shape index (κ1) is 15.0. The highest BCUT2D eigenvalue weighted by Gasteiger charge is 2.20. The van der Waals surface area contributed by atoms with Crippen LogP contribution in [0.15, 0.2) is 12.1 Å². The first-order chi connectivity index (χ1) is 9.38. The largest absolute Gasteiger partial charge is 0.288 e. The average Bonchev–Trinajstić information content (AvgIpc) is 2.92. The molecule has 1 aromatic heterocycles. The second kappa shape index (κ2) is 5.53. The standard InChI is InChI=1S/C18H22OS/c1-7-15-8-9-16(20-15)18(19)17-13(5)11(3)10(2)12(4)14(17)6/h8-9H,7H2,1-6H3. The maximum atomic E-state index is 12.8. The molecule has 0 saturated carbocycles. The van der Waals surface area contributed by atoms with Crippen LogP contribution in [-0.2, 0) is 6.42 Å². The highest BCUT2D eigenvalue weighted by molar-refractivity contribution is 7.14. The van der Waals surface area contributed by atoms with Crippen molar-refractivity contribution in [2.75, 3.05) is 0 Å². The molecule has 0 aliphatic heterocycles. The van der Waals surface area contributed by atoms with Crippen LogP contribution in [-0.4, -0.2) is 5.78 Å². The number of ketones is 1. The molecule has 0 atom stereocenters. The summed E-state index contributed by atoms with van der Waals surface area (Å²) in [4.78, 5) is 15.0. The average molecular weight is 286 g/mol. The van der Waals surface area contributed by atoms with Gasteiger partial charge in [0.25, 0.3) is 0 Å². The number of hydrogen-bond donors (Lipinski definition) is 0. The van der Waals surface area contributed by atoms with Crippen molar-refractivity contribution in [1.82, 2.24) is 0 Å². The Morgan fingerprint density at radius 1 is 0.900 bits per heavy atom. The predicted molar refractivity (Wildman–Crippen MR) is 87.3 cm³/mol. The van der Waals surface area contributed by atoms with E-state index < -0.39 is 0 Å². The van der Waals surface area contributed by atoms with Gasteiger partial charge in [0.2, 0.25) is 5.78 Å². The summed E-state index contributed by atoms with van der Waals surface area (Å²) in [6.45, 7) is 12.6. The van der Waals surface area contributed by atoms with Crippen LogP contribution in [0, 0.1) is 34.6 Å². The number of carbonyl (C=O) groups is 1. The van der Waals surface area contributed by atoms with Crippen molar-refractivity contribution in [3.8, 4) is 0 Å². The van der Waals surface area contributed by atoms with Gasteiger partial charge in [0.1, 0.15) is 0 Å². The minimum Gasteiger partial charge on any atom is -0.288 e. The van der Waals surface area contributed by atoms with E-state index in [-0.39, 0.29) is 5.78 Å². The zero-order valence-corrected chi connectivity index (χ0v) is 14.0. The molecule has 0 unspecified atom stereocenters. The molecule has 0 saturated heterocycles. The molecule has 106 valence electrons. The van der Waals surface area contributed by atoms with Crippen molar-refractivity contribution >= 4 is 17.1 Å².